The number of carbonyl (C=O) groups is 2. The number of hydrogen-bond donors (Lipinski definition) is 0. The molecule has 2 amide bonds. The highest BCUT2D eigenvalue weighted by Gasteiger charge is 2.56. The second-order valence-electron chi connectivity index (χ2n) is 8.36. The lowest BCUT2D eigenvalue weighted by atomic mass is 9.77. The number of halogens is 2. The normalized spacial score (nSPS) is 23.3. The Hall–Kier alpha value is -2.87. The van der Waals surface area contributed by atoms with Gasteiger partial charge in [-0.25, -0.2) is 13.8 Å². The minimum atomic E-state index is -0.632. The lowest BCUT2D eigenvalue weighted by molar-refractivity contribution is -0.144. The van der Waals surface area contributed by atoms with Crippen molar-refractivity contribution >= 4 is 11.8 Å². The number of carbonyl (C=O) groups excluding carboxylic acids is 2. The van der Waals surface area contributed by atoms with E-state index in [1.165, 1.54) is 12.1 Å². The van der Waals surface area contributed by atoms with Crippen LogP contribution in [0.1, 0.15) is 41.2 Å². The number of piperidine rings is 1. The average Bonchev–Trinajstić information content (AvgIpc) is 3.26. The number of benzene rings is 1. The zero-order chi connectivity index (χ0) is 20.9. The van der Waals surface area contributed by atoms with Gasteiger partial charge >= 0.3 is 0 Å². The van der Waals surface area contributed by atoms with Crippen LogP contribution in [0.15, 0.2) is 42.7 Å². The van der Waals surface area contributed by atoms with Crippen LogP contribution < -0.4 is 0 Å². The highest BCUT2D eigenvalue weighted by Crippen LogP contribution is 2.47. The molecule has 1 atom stereocenters. The summed E-state index contributed by atoms with van der Waals surface area (Å²) in [5, 5.41) is 3.71. The van der Waals surface area contributed by atoms with E-state index < -0.39 is 17.0 Å². The van der Waals surface area contributed by atoms with Crippen LogP contribution >= 0.6 is 0 Å². The summed E-state index contributed by atoms with van der Waals surface area (Å²) in [5.74, 6) is -1.33. The number of pyridine rings is 1. The Morgan fingerprint density at radius 3 is 2.50 bits per heavy atom. The summed E-state index contributed by atoms with van der Waals surface area (Å²) in [6.07, 6.45) is 4.99. The molecule has 0 unspecified atom stereocenters. The molecule has 1 aromatic heterocycles. The van der Waals surface area contributed by atoms with Crippen molar-refractivity contribution in [2.45, 2.75) is 25.3 Å². The van der Waals surface area contributed by atoms with Crippen molar-refractivity contribution < 1.29 is 18.4 Å². The first kappa shape index (κ1) is 19.1. The van der Waals surface area contributed by atoms with Crippen LogP contribution in [0.2, 0.25) is 0 Å². The fourth-order valence-corrected chi connectivity index (χ4v) is 5.04. The zero-order valence-corrected chi connectivity index (χ0v) is 16.4. The lowest BCUT2D eigenvalue weighted by Crippen LogP contribution is -2.48. The standard InChI is InChI=1S/C22H22F2N4O2/c23-17-10-16(11-18(24)12-17)19-3-7-27-14-22(21(30)28(19)27)4-8-26(9-5-22)20(29)15-2-1-6-25-13-15/h1-2,6,10-13,19H,3-5,7-9,14H2/t19-/m0/s1. The van der Waals surface area contributed by atoms with Crippen LogP contribution in [0.3, 0.4) is 0 Å². The van der Waals surface area contributed by atoms with Gasteiger partial charge in [-0.1, -0.05) is 0 Å². The van der Waals surface area contributed by atoms with Crippen LogP contribution in [0, 0.1) is 17.0 Å². The van der Waals surface area contributed by atoms with Gasteiger partial charge in [0.15, 0.2) is 0 Å². The number of amides is 2. The Morgan fingerprint density at radius 2 is 1.83 bits per heavy atom. The van der Waals surface area contributed by atoms with Gasteiger partial charge in [-0.15, -0.1) is 0 Å². The Balaban J connectivity index is 1.32. The molecule has 4 heterocycles. The Kier molecular flexibility index (Phi) is 4.54. The number of fused-ring (bicyclic) bond motifs is 1. The lowest BCUT2D eigenvalue weighted by Gasteiger charge is -2.37. The molecule has 30 heavy (non-hydrogen) atoms. The van der Waals surface area contributed by atoms with Crippen molar-refractivity contribution in [2.24, 2.45) is 5.41 Å². The fourth-order valence-electron chi connectivity index (χ4n) is 5.04. The largest absolute Gasteiger partial charge is 0.339 e. The van der Waals surface area contributed by atoms with E-state index in [4.69, 9.17) is 0 Å². The molecule has 3 fully saturated rings. The minimum absolute atomic E-state index is 0.00291. The second kappa shape index (κ2) is 7.12. The van der Waals surface area contributed by atoms with Crippen LogP contribution in [-0.4, -0.2) is 57.9 Å². The van der Waals surface area contributed by atoms with Gasteiger partial charge in [0, 0.05) is 44.6 Å². The Bertz CT molecular complexity index is 972. The maximum absolute atomic E-state index is 13.7. The third-order valence-corrected chi connectivity index (χ3v) is 6.59. The highest BCUT2D eigenvalue weighted by molar-refractivity contribution is 5.94. The molecule has 5 rings (SSSR count). The van der Waals surface area contributed by atoms with Crippen molar-refractivity contribution in [1.29, 1.82) is 0 Å². The van der Waals surface area contributed by atoms with E-state index >= 15 is 0 Å². The molecule has 0 bridgehead atoms. The molecule has 0 aliphatic carbocycles. The molecule has 8 heteroatoms. The van der Waals surface area contributed by atoms with Crippen molar-refractivity contribution in [1.82, 2.24) is 19.9 Å². The molecule has 0 radical (unpaired) electrons. The molecule has 3 aliphatic heterocycles. The van der Waals surface area contributed by atoms with Crippen LogP contribution in [0.5, 0.6) is 0 Å². The van der Waals surface area contributed by atoms with Gasteiger partial charge < -0.3 is 4.90 Å². The predicted octanol–water partition coefficient (Wildman–Crippen LogP) is 2.79. The van der Waals surface area contributed by atoms with Gasteiger partial charge in [0.2, 0.25) is 5.91 Å². The SMILES string of the molecule is O=C(c1cccnc1)N1CCC2(CC1)CN1CC[C@@H](c3cc(F)cc(F)c3)N1C2=O. The van der Waals surface area contributed by atoms with Crippen LogP contribution in [0.4, 0.5) is 8.78 Å². The van der Waals surface area contributed by atoms with Crippen LogP contribution in [-0.2, 0) is 4.79 Å². The van der Waals surface area contributed by atoms with E-state index in [-0.39, 0.29) is 17.9 Å². The van der Waals surface area contributed by atoms with E-state index in [1.54, 1.807) is 34.4 Å². The molecule has 1 spiro atoms. The topological polar surface area (TPSA) is 56.8 Å². The molecule has 1 aromatic carbocycles. The zero-order valence-electron chi connectivity index (χ0n) is 16.4. The van der Waals surface area contributed by atoms with Crippen molar-refractivity contribution in [2.75, 3.05) is 26.2 Å². The highest BCUT2D eigenvalue weighted by atomic mass is 19.1. The third-order valence-electron chi connectivity index (χ3n) is 6.59. The third kappa shape index (κ3) is 3.06. The number of hydrogen-bond acceptors (Lipinski definition) is 4. The molecule has 0 saturated carbocycles. The summed E-state index contributed by atoms with van der Waals surface area (Å²) < 4.78 is 27.5. The molecular formula is C22H22F2N4O2. The molecule has 3 saturated heterocycles. The smallest absolute Gasteiger partial charge is 0.255 e. The first-order chi connectivity index (χ1) is 14.5. The number of likely N-dealkylation sites (tertiary alicyclic amines) is 1. The van der Waals surface area contributed by atoms with Gasteiger partial charge in [-0.3, -0.25) is 19.6 Å². The monoisotopic (exact) mass is 412 g/mol. The number of hydrazine groups is 1. The van der Waals surface area contributed by atoms with Gasteiger partial charge in [0.25, 0.3) is 5.91 Å². The van der Waals surface area contributed by atoms with E-state index in [9.17, 15) is 18.4 Å². The summed E-state index contributed by atoms with van der Waals surface area (Å²) >= 11 is 0. The molecule has 3 aliphatic rings. The van der Waals surface area contributed by atoms with E-state index in [1.807, 2.05) is 5.01 Å². The van der Waals surface area contributed by atoms with Gasteiger partial charge in [-0.05, 0) is 49.1 Å². The number of nitrogens with zero attached hydrogens (tertiary/aromatic N) is 4. The molecule has 0 N–H and O–H groups in total. The van der Waals surface area contributed by atoms with Crippen molar-refractivity contribution in [3.63, 3.8) is 0 Å². The number of aromatic nitrogens is 1. The maximum Gasteiger partial charge on any atom is 0.255 e. The molecule has 156 valence electrons. The first-order valence-corrected chi connectivity index (χ1v) is 10.2. The van der Waals surface area contributed by atoms with E-state index in [0.717, 1.165) is 6.07 Å². The fraction of sp³-hybridized carbons (Fsp3) is 0.409. The summed E-state index contributed by atoms with van der Waals surface area (Å²) in [6, 6.07) is 6.59. The summed E-state index contributed by atoms with van der Waals surface area (Å²) in [6.45, 7) is 2.27. The molecular weight excluding hydrogens is 390 g/mol. The maximum atomic E-state index is 13.7. The molecule has 2 aromatic rings. The predicted molar refractivity (Wildman–Crippen MR) is 104 cm³/mol. The second-order valence-corrected chi connectivity index (χ2v) is 8.36. The van der Waals surface area contributed by atoms with Gasteiger partial charge in [0.05, 0.1) is 17.0 Å². The van der Waals surface area contributed by atoms with Crippen molar-refractivity contribution in [3.05, 3.63) is 65.5 Å². The summed E-state index contributed by atoms with van der Waals surface area (Å²) in [5.41, 5.74) is 0.490. The van der Waals surface area contributed by atoms with Crippen LogP contribution in [0.25, 0.3) is 0 Å². The first-order valence-electron chi connectivity index (χ1n) is 10.2. The van der Waals surface area contributed by atoms with E-state index in [2.05, 4.69) is 4.98 Å². The van der Waals surface area contributed by atoms with Crippen molar-refractivity contribution in [3.8, 4) is 0 Å². The Morgan fingerprint density at radius 1 is 1.10 bits per heavy atom. The minimum Gasteiger partial charge on any atom is -0.339 e. The van der Waals surface area contributed by atoms with E-state index in [0.29, 0.717) is 56.6 Å². The Labute approximate surface area is 173 Å². The van der Waals surface area contributed by atoms with Gasteiger partial charge in [0.1, 0.15) is 11.6 Å². The average molecular weight is 412 g/mol. The quantitative estimate of drug-likeness (QED) is 0.761. The number of rotatable bonds is 2. The summed E-state index contributed by atoms with van der Waals surface area (Å²) in [7, 11) is 0. The van der Waals surface area contributed by atoms with Gasteiger partial charge in [-0.2, -0.15) is 0 Å². The summed E-state index contributed by atoms with van der Waals surface area (Å²) in [4.78, 5) is 31.9. The molecule has 6 nitrogen and oxygen atoms in total.